The molecule has 0 heterocycles. The molecule has 1 rings (SSSR count). The predicted molar refractivity (Wildman–Crippen MR) is 76.1 cm³/mol. The average molecular weight is 280 g/mol. The lowest BCUT2D eigenvalue weighted by Gasteiger charge is -2.28. The SMILES string of the molecule is CCN(C(=O)NC(C)(C)C(=O)O)c1cc(O)ccc1C. The average Bonchev–Trinajstić information content (AvgIpc) is 2.33. The number of amides is 2. The number of hydrogen-bond acceptors (Lipinski definition) is 3. The largest absolute Gasteiger partial charge is 0.508 e. The van der Waals surface area contributed by atoms with Gasteiger partial charge in [0.2, 0.25) is 0 Å². The fourth-order valence-electron chi connectivity index (χ4n) is 1.70. The number of rotatable bonds is 4. The molecule has 1 aromatic rings. The number of aryl methyl sites for hydroxylation is 1. The van der Waals surface area contributed by atoms with Crippen LogP contribution in [0.2, 0.25) is 0 Å². The van der Waals surface area contributed by atoms with Crippen molar-refractivity contribution in [2.24, 2.45) is 0 Å². The normalized spacial score (nSPS) is 11.0. The second-order valence-corrected chi connectivity index (χ2v) is 5.08. The van der Waals surface area contributed by atoms with E-state index in [9.17, 15) is 14.7 Å². The molecule has 2 amide bonds. The molecule has 0 radical (unpaired) electrons. The van der Waals surface area contributed by atoms with Crippen molar-refractivity contribution in [1.29, 1.82) is 0 Å². The van der Waals surface area contributed by atoms with E-state index in [1.807, 2.05) is 6.92 Å². The van der Waals surface area contributed by atoms with Crippen molar-refractivity contribution in [1.82, 2.24) is 5.32 Å². The van der Waals surface area contributed by atoms with Gasteiger partial charge in [0.05, 0.1) is 5.69 Å². The molecule has 1 aromatic carbocycles. The first-order valence-electron chi connectivity index (χ1n) is 6.31. The van der Waals surface area contributed by atoms with E-state index in [0.717, 1.165) is 5.56 Å². The summed E-state index contributed by atoms with van der Waals surface area (Å²) in [5.41, 5.74) is -0.00554. The number of aliphatic carboxylic acids is 1. The van der Waals surface area contributed by atoms with Crippen LogP contribution in [0.4, 0.5) is 10.5 Å². The van der Waals surface area contributed by atoms with Crippen LogP contribution in [-0.4, -0.2) is 34.3 Å². The molecule has 0 unspecified atom stereocenters. The molecule has 0 aliphatic carbocycles. The third-order valence-corrected chi connectivity index (χ3v) is 3.00. The zero-order valence-corrected chi connectivity index (χ0v) is 12.1. The third kappa shape index (κ3) is 3.40. The van der Waals surface area contributed by atoms with E-state index in [1.165, 1.54) is 30.9 Å². The number of carbonyl (C=O) groups excluding carboxylic acids is 1. The Hall–Kier alpha value is -2.24. The summed E-state index contributed by atoms with van der Waals surface area (Å²) < 4.78 is 0. The Morgan fingerprint density at radius 2 is 1.95 bits per heavy atom. The smallest absolute Gasteiger partial charge is 0.328 e. The standard InChI is InChI=1S/C14H20N2O4/c1-5-16(11-8-10(17)7-6-9(11)2)13(20)15-14(3,4)12(18)19/h6-8,17H,5H2,1-4H3,(H,15,20)(H,18,19). The second kappa shape index (κ2) is 5.81. The van der Waals surface area contributed by atoms with Gasteiger partial charge in [0.1, 0.15) is 11.3 Å². The molecule has 20 heavy (non-hydrogen) atoms. The van der Waals surface area contributed by atoms with E-state index in [2.05, 4.69) is 5.32 Å². The monoisotopic (exact) mass is 280 g/mol. The van der Waals surface area contributed by atoms with Gasteiger partial charge in [-0.05, 0) is 39.3 Å². The van der Waals surface area contributed by atoms with E-state index in [4.69, 9.17) is 5.11 Å². The zero-order valence-electron chi connectivity index (χ0n) is 12.1. The number of hydrogen-bond donors (Lipinski definition) is 3. The molecule has 6 heteroatoms. The maximum Gasteiger partial charge on any atom is 0.328 e. The number of carboxylic acids is 1. The van der Waals surface area contributed by atoms with Gasteiger partial charge in [-0.1, -0.05) is 6.07 Å². The topological polar surface area (TPSA) is 89.9 Å². The number of phenolic OH excluding ortho intramolecular Hbond substituents is 1. The summed E-state index contributed by atoms with van der Waals surface area (Å²) in [5, 5.41) is 21.0. The predicted octanol–water partition coefficient (Wildman–Crippen LogP) is 2.10. The Morgan fingerprint density at radius 3 is 2.45 bits per heavy atom. The van der Waals surface area contributed by atoms with Gasteiger partial charge in [0.25, 0.3) is 0 Å². The molecule has 0 aromatic heterocycles. The highest BCUT2D eigenvalue weighted by molar-refractivity contribution is 5.96. The van der Waals surface area contributed by atoms with Crippen molar-refractivity contribution in [2.45, 2.75) is 33.2 Å². The molecule has 0 saturated heterocycles. The highest BCUT2D eigenvalue weighted by Crippen LogP contribution is 2.25. The summed E-state index contributed by atoms with van der Waals surface area (Å²) in [4.78, 5) is 24.7. The number of phenols is 1. The number of anilines is 1. The molecule has 3 N–H and O–H groups in total. The number of nitrogens with one attached hydrogen (secondary N) is 1. The number of urea groups is 1. The minimum Gasteiger partial charge on any atom is -0.508 e. The van der Waals surface area contributed by atoms with Gasteiger partial charge < -0.3 is 15.5 Å². The first-order valence-corrected chi connectivity index (χ1v) is 6.31. The Labute approximate surface area is 118 Å². The first kappa shape index (κ1) is 15.8. The lowest BCUT2D eigenvalue weighted by atomic mass is 10.1. The molecule has 0 atom stereocenters. The second-order valence-electron chi connectivity index (χ2n) is 5.08. The Kier molecular flexibility index (Phi) is 4.60. The maximum absolute atomic E-state index is 12.2. The summed E-state index contributed by atoms with van der Waals surface area (Å²) in [6, 6.07) is 4.19. The van der Waals surface area contributed by atoms with Gasteiger partial charge in [-0.25, -0.2) is 9.59 Å². The lowest BCUT2D eigenvalue weighted by Crippen LogP contribution is -2.54. The van der Waals surface area contributed by atoms with Crippen molar-refractivity contribution in [3.05, 3.63) is 23.8 Å². The lowest BCUT2D eigenvalue weighted by molar-refractivity contribution is -0.142. The number of benzene rings is 1. The number of nitrogens with zero attached hydrogens (tertiary/aromatic N) is 1. The van der Waals surface area contributed by atoms with E-state index >= 15 is 0 Å². The van der Waals surface area contributed by atoms with Crippen LogP contribution in [0.1, 0.15) is 26.3 Å². The Bertz CT molecular complexity index is 526. The minimum absolute atomic E-state index is 0.0503. The molecule has 110 valence electrons. The fraction of sp³-hybridized carbons (Fsp3) is 0.429. The van der Waals surface area contributed by atoms with Crippen molar-refractivity contribution in [3.8, 4) is 5.75 Å². The van der Waals surface area contributed by atoms with Crippen molar-refractivity contribution >= 4 is 17.7 Å². The van der Waals surface area contributed by atoms with Gasteiger partial charge in [0, 0.05) is 12.6 Å². The van der Waals surface area contributed by atoms with Gasteiger partial charge in [0.15, 0.2) is 0 Å². The van der Waals surface area contributed by atoms with Crippen LogP contribution in [-0.2, 0) is 4.79 Å². The van der Waals surface area contributed by atoms with Crippen LogP contribution < -0.4 is 10.2 Å². The van der Waals surface area contributed by atoms with Gasteiger partial charge in [-0.3, -0.25) is 4.90 Å². The van der Waals surface area contributed by atoms with Crippen LogP contribution >= 0.6 is 0 Å². The number of aromatic hydroxyl groups is 1. The van der Waals surface area contributed by atoms with E-state index < -0.39 is 17.5 Å². The van der Waals surface area contributed by atoms with E-state index in [1.54, 1.807) is 13.0 Å². The quantitative estimate of drug-likeness (QED) is 0.787. The zero-order chi connectivity index (χ0) is 15.5. The Balaban J connectivity index is 3.05. The molecular formula is C14H20N2O4. The maximum atomic E-state index is 12.2. The molecule has 0 aliphatic heterocycles. The summed E-state index contributed by atoms with van der Waals surface area (Å²) in [5.74, 6) is -1.07. The van der Waals surface area contributed by atoms with Crippen LogP contribution in [0, 0.1) is 6.92 Å². The van der Waals surface area contributed by atoms with Crippen molar-refractivity contribution < 1.29 is 19.8 Å². The van der Waals surface area contributed by atoms with Crippen molar-refractivity contribution in [2.75, 3.05) is 11.4 Å². The van der Waals surface area contributed by atoms with Crippen LogP contribution in [0.25, 0.3) is 0 Å². The molecule has 0 saturated carbocycles. The Morgan fingerprint density at radius 1 is 1.35 bits per heavy atom. The summed E-state index contributed by atoms with van der Waals surface area (Å²) in [6.45, 7) is 6.77. The molecular weight excluding hydrogens is 260 g/mol. The van der Waals surface area contributed by atoms with Crippen LogP contribution in [0.5, 0.6) is 5.75 Å². The van der Waals surface area contributed by atoms with Gasteiger partial charge >= 0.3 is 12.0 Å². The molecule has 0 aliphatic rings. The summed E-state index contributed by atoms with van der Waals surface area (Å²) >= 11 is 0. The number of carbonyl (C=O) groups is 2. The van der Waals surface area contributed by atoms with Gasteiger partial charge in [-0.2, -0.15) is 0 Å². The highest BCUT2D eigenvalue weighted by Gasteiger charge is 2.31. The van der Waals surface area contributed by atoms with E-state index in [-0.39, 0.29) is 5.75 Å². The molecule has 6 nitrogen and oxygen atoms in total. The fourth-order valence-corrected chi connectivity index (χ4v) is 1.70. The van der Waals surface area contributed by atoms with Crippen LogP contribution in [0.15, 0.2) is 18.2 Å². The van der Waals surface area contributed by atoms with Crippen LogP contribution in [0.3, 0.4) is 0 Å². The molecule has 0 bridgehead atoms. The third-order valence-electron chi connectivity index (χ3n) is 3.00. The van der Waals surface area contributed by atoms with Crippen molar-refractivity contribution in [3.63, 3.8) is 0 Å². The first-order chi connectivity index (χ1) is 9.19. The summed E-state index contributed by atoms with van der Waals surface area (Å²) in [7, 11) is 0. The summed E-state index contributed by atoms with van der Waals surface area (Å²) in [6.07, 6.45) is 0. The molecule has 0 spiro atoms. The molecule has 0 fully saturated rings. The van der Waals surface area contributed by atoms with Gasteiger partial charge in [-0.15, -0.1) is 0 Å². The highest BCUT2D eigenvalue weighted by atomic mass is 16.4. The minimum atomic E-state index is -1.37. The van der Waals surface area contributed by atoms with E-state index in [0.29, 0.717) is 12.2 Å². The number of carboxylic acid groups (broad SMARTS) is 1.